The molecule has 0 spiro atoms. The summed E-state index contributed by atoms with van der Waals surface area (Å²) in [5, 5.41) is 13.8. The minimum Gasteiger partial charge on any atom is -0.478 e. The van der Waals surface area contributed by atoms with Gasteiger partial charge in [0, 0.05) is 37.2 Å². The molecule has 0 aliphatic carbocycles. The lowest BCUT2D eigenvalue weighted by Gasteiger charge is -2.34. The van der Waals surface area contributed by atoms with Crippen molar-refractivity contribution in [3.05, 3.63) is 36.7 Å². The number of carbonyl (C=O) groups is 1. The molecule has 3 rings (SSSR count). The van der Waals surface area contributed by atoms with Gasteiger partial charge >= 0.3 is 5.97 Å². The van der Waals surface area contributed by atoms with Gasteiger partial charge in [0.15, 0.2) is 0 Å². The number of hydrogen-bond acceptors (Lipinski definition) is 4. The molecule has 0 amide bonds. The molecule has 0 saturated carbocycles. The van der Waals surface area contributed by atoms with Crippen LogP contribution in [-0.2, 0) is 11.8 Å². The molecule has 0 radical (unpaired) electrons. The van der Waals surface area contributed by atoms with Gasteiger partial charge in [-0.1, -0.05) is 18.2 Å². The molecule has 1 fully saturated rings. The molecular weight excluding hydrogens is 300 g/mol. The number of ether oxygens (including phenoxy) is 1. The van der Waals surface area contributed by atoms with Crippen molar-refractivity contribution in [3.63, 3.8) is 0 Å². The molecule has 0 bridgehead atoms. The number of rotatable bonds is 4. The normalized spacial score (nSPS) is 17.1. The van der Waals surface area contributed by atoms with E-state index in [1.807, 2.05) is 37.5 Å². The van der Waals surface area contributed by atoms with Crippen LogP contribution in [0.4, 0.5) is 0 Å². The molecule has 1 aliphatic heterocycles. The molecular formula is C16H18N2O3S. The number of aliphatic carboxylic acids is 1. The maximum atomic E-state index is 11.8. The van der Waals surface area contributed by atoms with E-state index < -0.39 is 11.6 Å². The van der Waals surface area contributed by atoms with E-state index in [0.717, 1.165) is 22.6 Å². The number of para-hydroxylation sites is 1. The minimum absolute atomic E-state index is 0.522. The van der Waals surface area contributed by atoms with E-state index in [1.54, 1.807) is 22.6 Å². The smallest absolute Gasteiger partial charge is 0.348 e. The lowest BCUT2D eigenvalue weighted by molar-refractivity contribution is -0.156. The Kier molecular flexibility index (Phi) is 4.11. The van der Waals surface area contributed by atoms with Gasteiger partial charge in [-0.2, -0.15) is 16.9 Å². The van der Waals surface area contributed by atoms with Crippen LogP contribution >= 0.6 is 11.8 Å². The summed E-state index contributed by atoms with van der Waals surface area (Å²) in [6.07, 6.45) is 4.70. The molecule has 1 aromatic carbocycles. The van der Waals surface area contributed by atoms with Crippen LogP contribution in [0, 0.1) is 0 Å². The fourth-order valence-corrected chi connectivity index (χ4v) is 3.78. The number of hydrogen-bond donors (Lipinski definition) is 1. The third-order valence-electron chi connectivity index (χ3n) is 3.90. The Morgan fingerprint density at radius 3 is 2.73 bits per heavy atom. The lowest BCUT2D eigenvalue weighted by atomic mass is 9.96. The highest BCUT2D eigenvalue weighted by atomic mass is 32.2. The quantitative estimate of drug-likeness (QED) is 0.939. The summed E-state index contributed by atoms with van der Waals surface area (Å²) in [7, 11) is 1.85. The fourth-order valence-electron chi connectivity index (χ4n) is 2.63. The first kappa shape index (κ1) is 15.0. The topological polar surface area (TPSA) is 64.3 Å². The van der Waals surface area contributed by atoms with E-state index in [2.05, 4.69) is 5.10 Å². The summed E-state index contributed by atoms with van der Waals surface area (Å²) in [6, 6.07) is 7.54. The van der Waals surface area contributed by atoms with Crippen molar-refractivity contribution in [2.45, 2.75) is 18.4 Å². The third-order valence-corrected chi connectivity index (χ3v) is 4.88. The van der Waals surface area contributed by atoms with Crippen LogP contribution in [0.15, 0.2) is 36.7 Å². The zero-order chi connectivity index (χ0) is 15.6. The minimum atomic E-state index is -1.12. The first-order chi connectivity index (χ1) is 10.6. The second-order valence-electron chi connectivity index (χ2n) is 5.41. The van der Waals surface area contributed by atoms with Gasteiger partial charge in [-0.25, -0.2) is 4.79 Å². The van der Waals surface area contributed by atoms with Gasteiger partial charge in [-0.15, -0.1) is 0 Å². The Bertz CT molecular complexity index is 678. The summed E-state index contributed by atoms with van der Waals surface area (Å²) in [6.45, 7) is 0. The van der Waals surface area contributed by atoms with Crippen LogP contribution in [0.5, 0.6) is 5.75 Å². The molecule has 1 aliphatic rings. The highest BCUT2D eigenvalue weighted by Gasteiger charge is 2.42. The molecule has 6 heteroatoms. The van der Waals surface area contributed by atoms with E-state index in [-0.39, 0.29) is 0 Å². The van der Waals surface area contributed by atoms with E-state index in [9.17, 15) is 9.90 Å². The van der Waals surface area contributed by atoms with Gasteiger partial charge in [0.2, 0.25) is 5.60 Å². The van der Waals surface area contributed by atoms with Crippen molar-refractivity contribution in [1.29, 1.82) is 0 Å². The fraction of sp³-hybridized carbons (Fsp3) is 0.375. The van der Waals surface area contributed by atoms with Crippen LogP contribution in [0.2, 0.25) is 0 Å². The average Bonchev–Trinajstić information content (AvgIpc) is 2.95. The molecule has 116 valence electrons. The number of nitrogens with zero attached hydrogens (tertiary/aromatic N) is 2. The van der Waals surface area contributed by atoms with Gasteiger partial charge < -0.3 is 9.84 Å². The van der Waals surface area contributed by atoms with Crippen molar-refractivity contribution in [2.24, 2.45) is 7.05 Å². The Balaban J connectivity index is 1.96. The van der Waals surface area contributed by atoms with Crippen molar-refractivity contribution in [1.82, 2.24) is 9.78 Å². The molecule has 2 heterocycles. The molecule has 1 N–H and O–H groups in total. The van der Waals surface area contributed by atoms with Crippen molar-refractivity contribution in [2.75, 3.05) is 11.5 Å². The third kappa shape index (κ3) is 2.83. The number of carboxylic acid groups (broad SMARTS) is 1. The first-order valence-corrected chi connectivity index (χ1v) is 8.34. The number of benzene rings is 1. The Hall–Kier alpha value is -1.95. The monoisotopic (exact) mass is 318 g/mol. The van der Waals surface area contributed by atoms with Gasteiger partial charge in [0.05, 0.1) is 6.20 Å². The number of thioether (sulfide) groups is 1. The maximum absolute atomic E-state index is 11.8. The largest absolute Gasteiger partial charge is 0.478 e. The van der Waals surface area contributed by atoms with E-state index in [4.69, 9.17) is 4.74 Å². The van der Waals surface area contributed by atoms with Crippen LogP contribution in [-0.4, -0.2) is 38.0 Å². The SMILES string of the molecule is Cn1cc(-c2ccccc2OC2(C(=O)O)CCSCC2)cn1. The number of aryl methyl sites for hydroxylation is 1. The summed E-state index contributed by atoms with van der Waals surface area (Å²) < 4.78 is 7.77. The maximum Gasteiger partial charge on any atom is 0.348 e. The molecule has 2 aromatic rings. The van der Waals surface area contributed by atoms with Crippen LogP contribution < -0.4 is 4.74 Å². The molecule has 0 unspecified atom stereocenters. The van der Waals surface area contributed by atoms with Gasteiger partial charge in [0.25, 0.3) is 0 Å². The predicted octanol–water partition coefficient (Wildman–Crippen LogP) is 2.82. The Labute approximate surface area is 133 Å². The Morgan fingerprint density at radius 2 is 2.09 bits per heavy atom. The van der Waals surface area contributed by atoms with Crippen molar-refractivity contribution in [3.8, 4) is 16.9 Å². The predicted molar refractivity (Wildman–Crippen MR) is 86.2 cm³/mol. The first-order valence-electron chi connectivity index (χ1n) is 7.19. The van der Waals surface area contributed by atoms with Gasteiger partial charge in [-0.05, 0) is 17.6 Å². The van der Waals surface area contributed by atoms with Crippen LogP contribution in [0.1, 0.15) is 12.8 Å². The summed E-state index contributed by atoms with van der Waals surface area (Å²) in [5.74, 6) is 1.33. The molecule has 0 atom stereocenters. The number of aromatic nitrogens is 2. The average molecular weight is 318 g/mol. The summed E-state index contributed by atoms with van der Waals surface area (Å²) in [5.41, 5.74) is 0.669. The zero-order valence-electron chi connectivity index (χ0n) is 12.4. The number of carboxylic acids is 1. The molecule has 5 nitrogen and oxygen atoms in total. The van der Waals surface area contributed by atoms with E-state index in [1.165, 1.54) is 0 Å². The second kappa shape index (κ2) is 6.04. The Morgan fingerprint density at radius 1 is 1.36 bits per heavy atom. The standard InChI is InChI=1S/C16H18N2O3S/c1-18-11-12(10-17-18)13-4-2-3-5-14(13)21-16(15(19)20)6-8-22-9-7-16/h2-5,10-11H,6-9H2,1H3,(H,19,20). The van der Waals surface area contributed by atoms with Gasteiger partial charge in [0.1, 0.15) is 5.75 Å². The molecule has 1 aromatic heterocycles. The van der Waals surface area contributed by atoms with E-state index >= 15 is 0 Å². The second-order valence-corrected chi connectivity index (χ2v) is 6.64. The van der Waals surface area contributed by atoms with Gasteiger partial charge in [-0.3, -0.25) is 4.68 Å². The summed E-state index contributed by atoms with van der Waals surface area (Å²) in [4.78, 5) is 11.8. The van der Waals surface area contributed by atoms with Crippen LogP contribution in [0.3, 0.4) is 0 Å². The zero-order valence-corrected chi connectivity index (χ0v) is 13.2. The summed E-state index contributed by atoms with van der Waals surface area (Å²) >= 11 is 1.77. The lowest BCUT2D eigenvalue weighted by Crippen LogP contribution is -2.47. The highest BCUT2D eigenvalue weighted by Crippen LogP contribution is 2.37. The van der Waals surface area contributed by atoms with Crippen LogP contribution in [0.25, 0.3) is 11.1 Å². The molecule has 22 heavy (non-hydrogen) atoms. The van der Waals surface area contributed by atoms with Crippen molar-refractivity contribution < 1.29 is 14.6 Å². The molecule has 1 saturated heterocycles. The highest BCUT2D eigenvalue weighted by molar-refractivity contribution is 7.99. The van der Waals surface area contributed by atoms with E-state index in [0.29, 0.717) is 18.6 Å². The van der Waals surface area contributed by atoms with Crippen molar-refractivity contribution >= 4 is 17.7 Å².